The molecule has 100 valence electrons. The fraction of sp³-hybridized carbons (Fsp3) is 0.500. The zero-order chi connectivity index (χ0) is 13.2. The molecule has 0 amide bonds. The maximum absolute atomic E-state index is 4.00. The van der Waals surface area contributed by atoms with Crippen molar-refractivity contribution in [1.82, 2.24) is 20.2 Å². The van der Waals surface area contributed by atoms with Crippen molar-refractivity contribution < 1.29 is 0 Å². The average Bonchev–Trinajstić information content (AvgIpc) is 3.00. The summed E-state index contributed by atoms with van der Waals surface area (Å²) in [5, 5.41) is 15.2. The molecule has 1 heterocycles. The third-order valence-corrected chi connectivity index (χ3v) is 3.93. The quantitative estimate of drug-likeness (QED) is 0.918. The minimum atomic E-state index is 0.588. The van der Waals surface area contributed by atoms with Gasteiger partial charge in [-0.05, 0) is 54.3 Å². The fourth-order valence-corrected chi connectivity index (χ4v) is 2.77. The lowest BCUT2D eigenvalue weighted by Gasteiger charge is -2.19. The van der Waals surface area contributed by atoms with E-state index in [1.54, 1.807) is 4.68 Å². The normalized spacial score (nSPS) is 22.6. The molecule has 2 aromatic rings. The molecule has 0 radical (unpaired) electrons. The van der Waals surface area contributed by atoms with E-state index < -0.39 is 0 Å². The van der Waals surface area contributed by atoms with Crippen molar-refractivity contribution in [3.8, 4) is 5.69 Å². The van der Waals surface area contributed by atoms with Crippen LogP contribution in [0.15, 0.2) is 24.3 Å². The van der Waals surface area contributed by atoms with Crippen LogP contribution < -0.4 is 5.32 Å². The smallest absolute Gasteiger partial charge is 0.153 e. The maximum Gasteiger partial charge on any atom is 0.153 e. The number of benzene rings is 1. The lowest BCUT2D eigenvalue weighted by molar-refractivity contribution is 0.556. The van der Waals surface area contributed by atoms with Crippen LogP contribution in [-0.4, -0.2) is 26.2 Å². The van der Waals surface area contributed by atoms with Crippen molar-refractivity contribution in [2.45, 2.75) is 39.2 Å². The van der Waals surface area contributed by atoms with Crippen LogP contribution in [0.4, 0.5) is 5.69 Å². The summed E-state index contributed by atoms with van der Waals surface area (Å²) in [6, 6.07) is 8.86. The number of anilines is 1. The van der Waals surface area contributed by atoms with Crippen LogP contribution in [0.25, 0.3) is 5.69 Å². The number of tetrazole rings is 1. The Morgan fingerprint density at radius 3 is 2.89 bits per heavy atom. The van der Waals surface area contributed by atoms with Gasteiger partial charge in [-0.2, -0.15) is 4.68 Å². The van der Waals surface area contributed by atoms with Gasteiger partial charge in [0.2, 0.25) is 0 Å². The Kier molecular flexibility index (Phi) is 3.19. The van der Waals surface area contributed by atoms with Crippen LogP contribution in [-0.2, 0) is 0 Å². The first-order valence-electron chi connectivity index (χ1n) is 6.86. The zero-order valence-electron chi connectivity index (χ0n) is 11.4. The SMILES string of the molecule is Cc1nnnn1-c1cccc(NC2CCCC2C)c1. The Morgan fingerprint density at radius 2 is 2.21 bits per heavy atom. The third kappa shape index (κ3) is 2.45. The Labute approximate surface area is 113 Å². The van der Waals surface area contributed by atoms with E-state index in [2.05, 4.69) is 39.9 Å². The highest BCUT2D eigenvalue weighted by molar-refractivity contribution is 5.51. The van der Waals surface area contributed by atoms with E-state index in [0.717, 1.165) is 23.1 Å². The van der Waals surface area contributed by atoms with Gasteiger partial charge in [0.05, 0.1) is 5.69 Å². The molecule has 0 bridgehead atoms. The lowest BCUT2D eigenvalue weighted by atomic mass is 10.1. The summed E-state index contributed by atoms with van der Waals surface area (Å²) in [5.41, 5.74) is 2.14. The number of rotatable bonds is 3. The van der Waals surface area contributed by atoms with Gasteiger partial charge < -0.3 is 5.32 Å². The van der Waals surface area contributed by atoms with Crippen LogP contribution in [0.1, 0.15) is 32.0 Å². The highest BCUT2D eigenvalue weighted by Gasteiger charge is 2.22. The fourth-order valence-electron chi connectivity index (χ4n) is 2.77. The molecule has 1 saturated carbocycles. The molecule has 0 saturated heterocycles. The molecular weight excluding hydrogens is 238 g/mol. The summed E-state index contributed by atoms with van der Waals surface area (Å²) < 4.78 is 1.75. The van der Waals surface area contributed by atoms with Gasteiger partial charge in [0, 0.05) is 11.7 Å². The van der Waals surface area contributed by atoms with E-state index in [1.807, 2.05) is 19.1 Å². The molecule has 5 nitrogen and oxygen atoms in total. The van der Waals surface area contributed by atoms with Gasteiger partial charge in [0.25, 0.3) is 0 Å². The molecular formula is C14H19N5. The number of hydrogen-bond acceptors (Lipinski definition) is 4. The highest BCUT2D eigenvalue weighted by atomic mass is 15.5. The minimum absolute atomic E-state index is 0.588. The van der Waals surface area contributed by atoms with E-state index >= 15 is 0 Å². The van der Waals surface area contributed by atoms with Gasteiger partial charge >= 0.3 is 0 Å². The van der Waals surface area contributed by atoms with E-state index in [9.17, 15) is 0 Å². The summed E-state index contributed by atoms with van der Waals surface area (Å²) >= 11 is 0. The van der Waals surface area contributed by atoms with Crippen molar-refractivity contribution in [3.05, 3.63) is 30.1 Å². The van der Waals surface area contributed by atoms with Crippen LogP contribution in [0.2, 0.25) is 0 Å². The van der Waals surface area contributed by atoms with Gasteiger partial charge in [-0.25, -0.2) is 0 Å². The molecule has 5 heteroatoms. The number of aryl methyl sites for hydroxylation is 1. The van der Waals surface area contributed by atoms with E-state index in [-0.39, 0.29) is 0 Å². The highest BCUT2D eigenvalue weighted by Crippen LogP contribution is 2.28. The second-order valence-corrected chi connectivity index (χ2v) is 5.35. The zero-order valence-corrected chi connectivity index (χ0v) is 11.4. The summed E-state index contributed by atoms with van der Waals surface area (Å²) in [6.45, 7) is 4.22. The van der Waals surface area contributed by atoms with E-state index in [1.165, 1.54) is 19.3 Å². The first-order valence-corrected chi connectivity index (χ1v) is 6.86. The molecule has 3 rings (SSSR count). The van der Waals surface area contributed by atoms with Crippen molar-refractivity contribution >= 4 is 5.69 Å². The third-order valence-electron chi connectivity index (χ3n) is 3.93. The Hall–Kier alpha value is -1.91. The molecule has 1 aromatic carbocycles. The van der Waals surface area contributed by atoms with Gasteiger partial charge in [-0.3, -0.25) is 0 Å². The largest absolute Gasteiger partial charge is 0.382 e. The first kappa shape index (κ1) is 12.1. The summed E-state index contributed by atoms with van der Waals surface area (Å²) in [4.78, 5) is 0. The molecule has 1 aliphatic carbocycles. The second-order valence-electron chi connectivity index (χ2n) is 5.35. The van der Waals surface area contributed by atoms with Crippen molar-refractivity contribution in [3.63, 3.8) is 0 Å². The van der Waals surface area contributed by atoms with Crippen LogP contribution in [0.5, 0.6) is 0 Å². The van der Waals surface area contributed by atoms with Crippen molar-refractivity contribution in [2.75, 3.05) is 5.32 Å². The molecule has 19 heavy (non-hydrogen) atoms. The summed E-state index contributed by atoms with van der Waals surface area (Å²) in [6.07, 6.45) is 3.91. The predicted molar refractivity (Wildman–Crippen MR) is 74.3 cm³/mol. The molecule has 1 fully saturated rings. The van der Waals surface area contributed by atoms with Crippen LogP contribution >= 0.6 is 0 Å². The standard InChI is InChI=1S/C14H19N5/c1-10-5-3-8-14(10)15-12-6-4-7-13(9-12)19-11(2)16-17-18-19/h4,6-7,9-10,14-15H,3,5,8H2,1-2H3. The molecule has 2 unspecified atom stereocenters. The van der Waals surface area contributed by atoms with Crippen LogP contribution in [0, 0.1) is 12.8 Å². The molecule has 0 spiro atoms. The first-order chi connectivity index (χ1) is 9.24. The van der Waals surface area contributed by atoms with Gasteiger partial charge in [-0.1, -0.05) is 19.4 Å². The average molecular weight is 257 g/mol. The predicted octanol–water partition coefficient (Wildman–Crippen LogP) is 2.57. The molecule has 0 aliphatic heterocycles. The maximum atomic E-state index is 4.00. The molecule has 1 aromatic heterocycles. The summed E-state index contributed by atoms with van der Waals surface area (Å²) in [5.74, 6) is 1.55. The summed E-state index contributed by atoms with van der Waals surface area (Å²) in [7, 11) is 0. The second kappa shape index (κ2) is 4.99. The van der Waals surface area contributed by atoms with E-state index in [0.29, 0.717) is 6.04 Å². The van der Waals surface area contributed by atoms with Crippen LogP contribution in [0.3, 0.4) is 0 Å². The Morgan fingerprint density at radius 1 is 1.32 bits per heavy atom. The molecule has 1 N–H and O–H groups in total. The van der Waals surface area contributed by atoms with Gasteiger partial charge in [0.15, 0.2) is 5.82 Å². The topological polar surface area (TPSA) is 55.6 Å². The lowest BCUT2D eigenvalue weighted by Crippen LogP contribution is -2.21. The van der Waals surface area contributed by atoms with Crippen molar-refractivity contribution in [2.24, 2.45) is 5.92 Å². The van der Waals surface area contributed by atoms with E-state index in [4.69, 9.17) is 0 Å². The number of nitrogens with zero attached hydrogens (tertiary/aromatic N) is 4. The number of aromatic nitrogens is 4. The molecule has 2 atom stereocenters. The Balaban J connectivity index is 1.82. The number of hydrogen-bond donors (Lipinski definition) is 1. The minimum Gasteiger partial charge on any atom is -0.382 e. The monoisotopic (exact) mass is 257 g/mol. The Bertz CT molecular complexity index is 562. The van der Waals surface area contributed by atoms with Crippen molar-refractivity contribution in [1.29, 1.82) is 0 Å². The molecule has 1 aliphatic rings. The van der Waals surface area contributed by atoms with Gasteiger partial charge in [0.1, 0.15) is 0 Å². The van der Waals surface area contributed by atoms with Gasteiger partial charge in [-0.15, -0.1) is 5.10 Å². The number of nitrogens with one attached hydrogen (secondary N) is 1.